The van der Waals surface area contributed by atoms with Crippen LogP contribution in [0.4, 0.5) is 17.1 Å². The molecule has 12 heteroatoms. The molecule has 25 heavy (non-hydrogen) atoms. The molecule has 0 radical (unpaired) electrons. The van der Waals surface area contributed by atoms with Gasteiger partial charge in [0.2, 0.25) is 0 Å². The van der Waals surface area contributed by atoms with Crippen LogP contribution in [0.1, 0.15) is 17.3 Å². The number of nitrogens with two attached hydrogens (primary N) is 1. The van der Waals surface area contributed by atoms with E-state index in [0.717, 1.165) is 10.6 Å². The Bertz CT molecular complexity index is 875. The summed E-state index contributed by atoms with van der Waals surface area (Å²) in [4.78, 5) is 48.2. The van der Waals surface area contributed by atoms with Crippen LogP contribution in [-0.4, -0.2) is 37.8 Å². The number of rotatable bonds is 6. The number of imidazole rings is 1. The van der Waals surface area contributed by atoms with Crippen molar-refractivity contribution in [2.75, 3.05) is 12.3 Å². The van der Waals surface area contributed by atoms with Crippen molar-refractivity contribution in [1.29, 1.82) is 0 Å². The van der Waals surface area contributed by atoms with Crippen molar-refractivity contribution >= 4 is 28.8 Å². The first kappa shape index (κ1) is 17.5. The number of hydrogen-bond acceptors (Lipinski definition) is 9. The van der Waals surface area contributed by atoms with Crippen LogP contribution in [0.2, 0.25) is 0 Å². The highest BCUT2D eigenvalue weighted by Crippen LogP contribution is 2.40. The molecule has 0 spiro atoms. The highest BCUT2D eigenvalue weighted by atomic mass is 16.6. The van der Waals surface area contributed by atoms with Gasteiger partial charge in [0.1, 0.15) is 11.3 Å². The van der Waals surface area contributed by atoms with E-state index in [9.17, 15) is 29.8 Å². The third-order valence-corrected chi connectivity index (χ3v) is 3.12. The fraction of sp³-hybridized carbons (Fsp3) is 0.154. The number of hydrogen-bond donors (Lipinski definition) is 1. The van der Waals surface area contributed by atoms with Crippen LogP contribution in [0.25, 0.3) is 5.69 Å². The standard InChI is InChI=1S/C13H11N5O7/c1-2-25-13(20)12(19)9-7(14)5-8(16-4-3-15-6-16)10(17(21)22)11(9)18(23)24/h3-6H,2,14H2,1H3. The van der Waals surface area contributed by atoms with Crippen LogP contribution < -0.4 is 5.73 Å². The fourth-order valence-corrected chi connectivity index (χ4v) is 2.16. The van der Waals surface area contributed by atoms with E-state index in [1.165, 1.54) is 25.6 Å². The van der Waals surface area contributed by atoms with Crippen LogP contribution in [-0.2, 0) is 9.53 Å². The van der Waals surface area contributed by atoms with Gasteiger partial charge < -0.3 is 10.5 Å². The Balaban J connectivity index is 2.84. The summed E-state index contributed by atoms with van der Waals surface area (Å²) in [6.07, 6.45) is 3.76. The zero-order chi connectivity index (χ0) is 18.7. The summed E-state index contributed by atoms with van der Waals surface area (Å²) in [6, 6.07) is 0.985. The number of Topliss-reactive ketones (excluding diaryl/α,β-unsaturated/α-hetero) is 1. The molecule has 0 unspecified atom stereocenters. The van der Waals surface area contributed by atoms with E-state index >= 15 is 0 Å². The molecule has 0 amide bonds. The van der Waals surface area contributed by atoms with E-state index in [4.69, 9.17) is 5.73 Å². The van der Waals surface area contributed by atoms with Crippen LogP contribution in [0.5, 0.6) is 0 Å². The number of ketones is 1. The monoisotopic (exact) mass is 349 g/mol. The normalized spacial score (nSPS) is 10.3. The molecule has 0 saturated heterocycles. The molecule has 0 saturated carbocycles. The van der Waals surface area contributed by atoms with Gasteiger partial charge in [0.05, 0.1) is 28.5 Å². The number of aromatic nitrogens is 2. The number of nitrogens with zero attached hydrogens (tertiary/aromatic N) is 4. The molecule has 2 N–H and O–H groups in total. The number of nitro groups is 2. The van der Waals surface area contributed by atoms with Crippen LogP contribution in [0, 0.1) is 20.2 Å². The second kappa shape index (κ2) is 6.74. The van der Waals surface area contributed by atoms with E-state index in [0.29, 0.717) is 0 Å². The van der Waals surface area contributed by atoms with Crippen LogP contribution in [0.15, 0.2) is 24.8 Å². The van der Waals surface area contributed by atoms with Crippen molar-refractivity contribution in [2.24, 2.45) is 0 Å². The van der Waals surface area contributed by atoms with Gasteiger partial charge >= 0.3 is 17.3 Å². The van der Waals surface area contributed by atoms with Gasteiger partial charge in [0.15, 0.2) is 0 Å². The molecule has 0 bridgehead atoms. The number of esters is 1. The Morgan fingerprint density at radius 1 is 1.28 bits per heavy atom. The predicted molar refractivity (Wildman–Crippen MR) is 82.2 cm³/mol. The maximum Gasteiger partial charge on any atom is 0.380 e. The van der Waals surface area contributed by atoms with Crippen molar-refractivity contribution in [3.05, 3.63) is 50.6 Å². The number of anilines is 1. The molecular weight excluding hydrogens is 338 g/mol. The topological polar surface area (TPSA) is 173 Å². The van der Waals surface area contributed by atoms with Gasteiger partial charge in [0, 0.05) is 12.4 Å². The quantitative estimate of drug-likeness (QED) is 0.199. The van der Waals surface area contributed by atoms with E-state index in [1.54, 1.807) is 0 Å². The lowest BCUT2D eigenvalue weighted by molar-refractivity contribution is -0.422. The van der Waals surface area contributed by atoms with Crippen molar-refractivity contribution in [1.82, 2.24) is 9.55 Å². The van der Waals surface area contributed by atoms with Gasteiger partial charge in [0.25, 0.3) is 5.78 Å². The number of carbonyl (C=O) groups excluding carboxylic acids is 2. The molecule has 12 nitrogen and oxygen atoms in total. The van der Waals surface area contributed by atoms with Crippen molar-refractivity contribution in [2.45, 2.75) is 6.92 Å². The van der Waals surface area contributed by atoms with Gasteiger partial charge in [-0.1, -0.05) is 0 Å². The van der Waals surface area contributed by atoms with Gasteiger partial charge in [-0.3, -0.25) is 29.6 Å². The largest absolute Gasteiger partial charge is 0.460 e. The minimum absolute atomic E-state index is 0.159. The van der Waals surface area contributed by atoms with Gasteiger partial charge in [-0.2, -0.15) is 0 Å². The average Bonchev–Trinajstić information content (AvgIpc) is 3.07. The first-order valence-electron chi connectivity index (χ1n) is 6.74. The van der Waals surface area contributed by atoms with Crippen molar-refractivity contribution < 1.29 is 24.2 Å². The van der Waals surface area contributed by atoms with Gasteiger partial charge in [-0.05, 0) is 13.0 Å². The lowest BCUT2D eigenvalue weighted by Crippen LogP contribution is -2.21. The predicted octanol–water partition coefficient (Wildman–Crippen LogP) is 1.02. The molecular formula is C13H11N5O7. The number of nitrogen functional groups attached to an aromatic ring is 1. The Morgan fingerprint density at radius 2 is 1.92 bits per heavy atom. The maximum absolute atomic E-state index is 12.2. The summed E-state index contributed by atoms with van der Waals surface area (Å²) in [5.74, 6) is -2.84. The number of ether oxygens (including phenoxy) is 1. The highest BCUT2D eigenvalue weighted by Gasteiger charge is 2.40. The molecule has 0 aliphatic rings. The smallest absolute Gasteiger partial charge is 0.380 e. The zero-order valence-corrected chi connectivity index (χ0v) is 12.7. The lowest BCUT2D eigenvalue weighted by atomic mass is 10.0. The number of benzene rings is 1. The lowest BCUT2D eigenvalue weighted by Gasteiger charge is -2.10. The Morgan fingerprint density at radius 3 is 2.40 bits per heavy atom. The van der Waals surface area contributed by atoms with E-state index in [2.05, 4.69) is 9.72 Å². The Hall–Kier alpha value is -3.83. The molecule has 2 aromatic rings. The minimum atomic E-state index is -1.44. The Labute approximate surface area is 139 Å². The van der Waals surface area contributed by atoms with Gasteiger partial charge in [-0.15, -0.1) is 0 Å². The second-order valence-corrected chi connectivity index (χ2v) is 4.59. The van der Waals surface area contributed by atoms with Crippen molar-refractivity contribution in [3.63, 3.8) is 0 Å². The van der Waals surface area contributed by atoms with Crippen LogP contribution in [0.3, 0.4) is 0 Å². The molecule has 0 aliphatic heterocycles. The van der Waals surface area contributed by atoms with E-state index in [-0.39, 0.29) is 12.3 Å². The SMILES string of the molecule is CCOC(=O)C(=O)c1c(N)cc(-n2ccnc2)c([N+](=O)[O-])c1[N+](=O)[O-]. The molecule has 1 heterocycles. The van der Waals surface area contributed by atoms with Crippen LogP contribution >= 0.6 is 0 Å². The van der Waals surface area contributed by atoms with Crippen molar-refractivity contribution in [3.8, 4) is 5.69 Å². The summed E-state index contributed by atoms with van der Waals surface area (Å²) in [5, 5.41) is 22.8. The molecule has 1 aromatic carbocycles. The molecule has 0 aliphatic carbocycles. The molecule has 0 fully saturated rings. The first-order valence-corrected chi connectivity index (χ1v) is 6.74. The number of carbonyl (C=O) groups is 2. The highest BCUT2D eigenvalue weighted by molar-refractivity contribution is 6.43. The average molecular weight is 349 g/mol. The summed E-state index contributed by atoms with van der Waals surface area (Å²) < 4.78 is 5.62. The second-order valence-electron chi connectivity index (χ2n) is 4.59. The van der Waals surface area contributed by atoms with E-state index in [1.807, 2.05) is 0 Å². The third-order valence-electron chi connectivity index (χ3n) is 3.12. The summed E-state index contributed by atoms with van der Waals surface area (Å²) >= 11 is 0. The third kappa shape index (κ3) is 3.12. The molecule has 1 aromatic heterocycles. The summed E-state index contributed by atoms with van der Waals surface area (Å²) in [6.45, 7) is 1.26. The first-order chi connectivity index (χ1) is 11.8. The molecule has 2 rings (SSSR count). The number of nitro benzene ring substituents is 2. The fourth-order valence-electron chi connectivity index (χ4n) is 2.16. The molecule has 0 atom stereocenters. The summed E-state index contributed by atoms with van der Waals surface area (Å²) in [5.41, 5.74) is 1.86. The Kier molecular flexibility index (Phi) is 4.72. The maximum atomic E-state index is 12.2. The van der Waals surface area contributed by atoms with E-state index < -0.39 is 44.2 Å². The van der Waals surface area contributed by atoms with Gasteiger partial charge in [-0.25, -0.2) is 9.78 Å². The summed E-state index contributed by atoms with van der Waals surface area (Å²) in [7, 11) is 0. The minimum Gasteiger partial charge on any atom is -0.460 e. The molecule has 130 valence electrons. The zero-order valence-electron chi connectivity index (χ0n) is 12.7.